The Labute approximate surface area is 105 Å². The molecule has 0 amide bonds. The minimum atomic E-state index is -0.411. The van der Waals surface area contributed by atoms with E-state index in [1.165, 1.54) is 5.69 Å². The van der Waals surface area contributed by atoms with Crippen LogP contribution < -0.4 is 0 Å². The Bertz CT molecular complexity index is 355. The van der Waals surface area contributed by atoms with Gasteiger partial charge in [0.2, 0.25) is 0 Å². The first-order chi connectivity index (χ1) is 8.04. The number of nitrogens with zero attached hydrogens (tertiary/aromatic N) is 2. The summed E-state index contributed by atoms with van der Waals surface area (Å²) < 4.78 is 2.11. The van der Waals surface area contributed by atoms with Gasteiger partial charge in [0.15, 0.2) is 0 Å². The molecule has 0 spiro atoms. The molecule has 2 atom stereocenters. The Morgan fingerprint density at radius 1 is 1.18 bits per heavy atom. The van der Waals surface area contributed by atoms with Crippen molar-refractivity contribution in [1.82, 2.24) is 9.78 Å². The fourth-order valence-electron chi connectivity index (χ4n) is 2.26. The molecule has 1 aromatic rings. The van der Waals surface area contributed by atoms with Crippen LogP contribution in [0.15, 0.2) is 0 Å². The zero-order chi connectivity index (χ0) is 13.0. The fraction of sp³-hybridized carbons (Fsp3) is 0.786. The average Bonchev–Trinajstić information content (AvgIpc) is 2.66. The number of aryl methyl sites for hydroxylation is 1. The Balaban J connectivity index is 3.13. The van der Waals surface area contributed by atoms with Crippen LogP contribution in [0, 0.1) is 5.92 Å². The summed E-state index contributed by atoms with van der Waals surface area (Å²) in [4.78, 5) is 0. The van der Waals surface area contributed by atoms with E-state index >= 15 is 0 Å². The molecular weight excluding hydrogens is 212 g/mol. The summed E-state index contributed by atoms with van der Waals surface area (Å²) in [5, 5.41) is 14.6. The first kappa shape index (κ1) is 14.2. The highest BCUT2D eigenvalue weighted by Crippen LogP contribution is 2.24. The molecule has 0 saturated carbocycles. The second-order valence-corrected chi connectivity index (χ2v) is 4.89. The van der Waals surface area contributed by atoms with Crippen molar-refractivity contribution in [2.24, 2.45) is 5.92 Å². The normalized spacial score (nSPS) is 14.9. The monoisotopic (exact) mass is 238 g/mol. The summed E-state index contributed by atoms with van der Waals surface area (Å²) in [6, 6.07) is 0. The molecule has 0 fully saturated rings. The summed E-state index contributed by atoms with van der Waals surface area (Å²) in [6.07, 6.45) is 2.57. The Morgan fingerprint density at radius 2 is 1.82 bits per heavy atom. The lowest BCUT2D eigenvalue weighted by Gasteiger charge is -2.13. The molecule has 0 aliphatic rings. The SMILES string of the molecule is CCc1nn(CC(C)CC)c(CC)c1C(C)O. The standard InChI is InChI=1S/C14H26N2O/c1-6-10(4)9-16-13(8-3)14(11(5)17)12(7-2)15-16/h10-11,17H,6-9H2,1-5H3. The number of hydrogen-bond donors (Lipinski definition) is 1. The summed E-state index contributed by atoms with van der Waals surface area (Å²) >= 11 is 0. The van der Waals surface area contributed by atoms with Crippen LogP contribution in [-0.4, -0.2) is 14.9 Å². The van der Waals surface area contributed by atoms with Crippen LogP contribution in [0.25, 0.3) is 0 Å². The number of rotatable bonds is 6. The van der Waals surface area contributed by atoms with Gasteiger partial charge in [-0.2, -0.15) is 5.10 Å². The minimum absolute atomic E-state index is 0.411. The average molecular weight is 238 g/mol. The van der Waals surface area contributed by atoms with Crippen molar-refractivity contribution in [3.05, 3.63) is 17.0 Å². The lowest BCUT2D eigenvalue weighted by molar-refractivity contribution is 0.197. The van der Waals surface area contributed by atoms with Gasteiger partial charge in [0.05, 0.1) is 11.8 Å². The summed E-state index contributed by atoms with van der Waals surface area (Å²) in [6.45, 7) is 11.5. The van der Waals surface area contributed by atoms with Gasteiger partial charge in [0.25, 0.3) is 0 Å². The van der Waals surface area contributed by atoms with Crippen molar-refractivity contribution in [2.75, 3.05) is 0 Å². The van der Waals surface area contributed by atoms with Gasteiger partial charge < -0.3 is 5.11 Å². The topological polar surface area (TPSA) is 38.0 Å². The molecule has 0 aliphatic heterocycles. The number of aliphatic hydroxyl groups excluding tert-OH is 1. The van der Waals surface area contributed by atoms with Crippen LogP contribution in [0.3, 0.4) is 0 Å². The minimum Gasteiger partial charge on any atom is -0.389 e. The van der Waals surface area contributed by atoms with E-state index in [4.69, 9.17) is 0 Å². The number of aromatic nitrogens is 2. The van der Waals surface area contributed by atoms with E-state index < -0.39 is 6.10 Å². The molecule has 1 aromatic heterocycles. The third kappa shape index (κ3) is 3.09. The molecule has 0 radical (unpaired) electrons. The molecule has 0 saturated heterocycles. The van der Waals surface area contributed by atoms with Gasteiger partial charge in [-0.05, 0) is 25.7 Å². The van der Waals surface area contributed by atoms with E-state index in [9.17, 15) is 5.11 Å². The molecule has 3 nitrogen and oxygen atoms in total. The highest BCUT2D eigenvalue weighted by atomic mass is 16.3. The predicted molar refractivity (Wildman–Crippen MR) is 71.1 cm³/mol. The lowest BCUT2D eigenvalue weighted by atomic mass is 10.0. The van der Waals surface area contributed by atoms with Gasteiger partial charge in [-0.15, -0.1) is 0 Å². The maximum Gasteiger partial charge on any atom is 0.0798 e. The zero-order valence-corrected chi connectivity index (χ0v) is 11.8. The van der Waals surface area contributed by atoms with Gasteiger partial charge in [-0.25, -0.2) is 0 Å². The van der Waals surface area contributed by atoms with Gasteiger partial charge in [-0.1, -0.05) is 34.1 Å². The van der Waals surface area contributed by atoms with E-state index in [2.05, 4.69) is 37.5 Å². The maximum atomic E-state index is 9.90. The van der Waals surface area contributed by atoms with Crippen LogP contribution in [-0.2, 0) is 19.4 Å². The Hall–Kier alpha value is -0.830. The van der Waals surface area contributed by atoms with Gasteiger partial charge >= 0.3 is 0 Å². The van der Waals surface area contributed by atoms with Crippen molar-refractivity contribution in [3.63, 3.8) is 0 Å². The summed E-state index contributed by atoms with van der Waals surface area (Å²) in [7, 11) is 0. The van der Waals surface area contributed by atoms with E-state index in [1.807, 2.05) is 6.92 Å². The van der Waals surface area contributed by atoms with Crippen molar-refractivity contribution >= 4 is 0 Å². The second kappa shape index (κ2) is 6.20. The summed E-state index contributed by atoms with van der Waals surface area (Å²) in [5.41, 5.74) is 3.32. The highest BCUT2D eigenvalue weighted by Gasteiger charge is 2.19. The van der Waals surface area contributed by atoms with Gasteiger partial charge in [-0.3, -0.25) is 4.68 Å². The maximum absolute atomic E-state index is 9.90. The van der Waals surface area contributed by atoms with Crippen molar-refractivity contribution < 1.29 is 5.11 Å². The first-order valence-corrected chi connectivity index (χ1v) is 6.81. The molecular formula is C14H26N2O. The molecule has 3 heteroatoms. The highest BCUT2D eigenvalue weighted by molar-refractivity contribution is 5.28. The second-order valence-electron chi connectivity index (χ2n) is 4.89. The third-order valence-corrected chi connectivity index (χ3v) is 3.44. The van der Waals surface area contributed by atoms with Crippen molar-refractivity contribution in [1.29, 1.82) is 0 Å². The van der Waals surface area contributed by atoms with E-state index in [0.29, 0.717) is 5.92 Å². The Morgan fingerprint density at radius 3 is 2.24 bits per heavy atom. The predicted octanol–water partition coefficient (Wildman–Crippen LogP) is 3.11. The van der Waals surface area contributed by atoms with Gasteiger partial charge in [0.1, 0.15) is 0 Å². The fourth-order valence-corrected chi connectivity index (χ4v) is 2.26. The molecule has 1 heterocycles. The first-order valence-electron chi connectivity index (χ1n) is 6.81. The van der Waals surface area contributed by atoms with Crippen LogP contribution >= 0.6 is 0 Å². The molecule has 1 N–H and O–H groups in total. The molecule has 0 bridgehead atoms. The zero-order valence-electron chi connectivity index (χ0n) is 11.8. The van der Waals surface area contributed by atoms with E-state index in [0.717, 1.165) is 37.1 Å². The smallest absolute Gasteiger partial charge is 0.0798 e. The van der Waals surface area contributed by atoms with E-state index in [1.54, 1.807) is 0 Å². The number of hydrogen-bond acceptors (Lipinski definition) is 2. The number of aliphatic hydroxyl groups is 1. The molecule has 2 unspecified atom stereocenters. The van der Waals surface area contributed by atoms with Crippen LogP contribution in [0.1, 0.15) is 64.1 Å². The van der Waals surface area contributed by atoms with Crippen molar-refractivity contribution in [3.8, 4) is 0 Å². The molecule has 0 aliphatic carbocycles. The third-order valence-electron chi connectivity index (χ3n) is 3.44. The van der Waals surface area contributed by atoms with Crippen LogP contribution in [0.2, 0.25) is 0 Å². The summed E-state index contributed by atoms with van der Waals surface area (Å²) in [5.74, 6) is 0.631. The molecule has 98 valence electrons. The quantitative estimate of drug-likeness (QED) is 0.827. The lowest BCUT2D eigenvalue weighted by Crippen LogP contribution is -2.12. The van der Waals surface area contributed by atoms with Crippen LogP contribution in [0.4, 0.5) is 0 Å². The van der Waals surface area contributed by atoms with E-state index in [-0.39, 0.29) is 0 Å². The van der Waals surface area contributed by atoms with Gasteiger partial charge in [0, 0.05) is 17.8 Å². The molecule has 0 aromatic carbocycles. The molecule has 1 rings (SSSR count). The van der Waals surface area contributed by atoms with Crippen LogP contribution in [0.5, 0.6) is 0 Å². The molecule has 17 heavy (non-hydrogen) atoms. The van der Waals surface area contributed by atoms with Crippen molar-refractivity contribution in [2.45, 2.75) is 66.5 Å². The Kier molecular flexibility index (Phi) is 5.19. The largest absolute Gasteiger partial charge is 0.389 e.